The number of fused-ring (bicyclic) bond motifs is 1. The molecule has 1 aliphatic heterocycles. The lowest BCUT2D eigenvalue weighted by Gasteiger charge is -2.13. The summed E-state index contributed by atoms with van der Waals surface area (Å²) >= 11 is 1.48. The van der Waals surface area contributed by atoms with E-state index in [9.17, 15) is 4.79 Å². The van der Waals surface area contributed by atoms with Crippen LogP contribution in [0, 0.1) is 0 Å². The predicted octanol–water partition coefficient (Wildman–Crippen LogP) is 3.52. The van der Waals surface area contributed by atoms with Crippen molar-refractivity contribution in [3.8, 4) is 0 Å². The molecule has 4 nitrogen and oxygen atoms in total. The normalized spacial score (nSPS) is 17.7. The molecule has 0 unspecified atom stereocenters. The van der Waals surface area contributed by atoms with Crippen LogP contribution in [0.2, 0.25) is 0 Å². The van der Waals surface area contributed by atoms with Crippen molar-refractivity contribution in [3.63, 3.8) is 0 Å². The first-order chi connectivity index (χ1) is 11.0. The van der Waals surface area contributed by atoms with Gasteiger partial charge in [-0.2, -0.15) is 0 Å². The number of hydrogen-bond acceptors (Lipinski definition) is 4. The molecule has 2 aromatic carbocycles. The molecule has 0 spiro atoms. The quantitative estimate of drug-likeness (QED) is 0.934. The fraction of sp³-hybridized carbons (Fsp3) is 0.222. The van der Waals surface area contributed by atoms with E-state index in [2.05, 4.69) is 46.3 Å². The molecule has 0 saturated heterocycles. The maximum absolute atomic E-state index is 10.9. The Bertz CT molecular complexity index is 812. The van der Waals surface area contributed by atoms with E-state index in [0.717, 1.165) is 10.6 Å². The lowest BCUT2D eigenvalue weighted by Crippen LogP contribution is -2.16. The first-order valence-electron chi connectivity index (χ1n) is 7.35. The van der Waals surface area contributed by atoms with E-state index >= 15 is 0 Å². The summed E-state index contributed by atoms with van der Waals surface area (Å²) in [7, 11) is 4.06. The number of nitrogens with zero attached hydrogens (tertiary/aromatic N) is 2. The Morgan fingerprint density at radius 3 is 2.65 bits per heavy atom. The van der Waals surface area contributed by atoms with Crippen molar-refractivity contribution >= 4 is 45.3 Å². The van der Waals surface area contributed by atoms with Crippen molar-refractivity contribution in [2.24, 2.45) is 4.99 Å². The van der Waals surface area contributed by atoms with Crippen LogP contribution in [-0.2, 0) is 4.79 Å². The van der Waals surface area contributed by atoms with Gasteiger partial charge in [-0.05, 0) is 40.6 Å². The van der Waals surface area contributed by atoms with E-state index in [0.29, 0.717) is 5.75 Å². The largest absolute Gasteiger partial charge is 0.480 e. The smallest absolute Gasteiger partial charge is 0.329 e. The van der Waals surface area contributed by atoms with Crippen molar-refractivity contribution < 1.29 is 9.90 Å². The summed E-state index contributed by atoms with van der Waals surface area (Å²) in [5.74, 6) is -0.344. The van der Waals surface area contributed by atoms with Crippen molar-refractivity contribution in [3.05, 3.63) is 48.0 Å². The average Bonchev–Trinajstić information content (AvgIpc) is 3.01. The van der Waals surface area contributed by atoms with Gasteiger partial charge in [0.05, 0.1) is 5.04 Å². The van der Waals surface area contributed by atoms with Gasteiger partial charge in [-0.1, -0.05) is 24.3 Å². The predicted molar refractivity (Wildman–Crippen MR) is 98.6 cm³/mol. The molecule has 3 rings (SSSR count). The zero-order valence-corrected chi connectivity index (χ0v) is 13.9. The van der Waals surface area contributed by atoms with Crippen LogP contribution in [0.3, 0.4) is 0 Å². The molecule has 0 saturated carbocycles. The van der Waals surface area contributed by atoms with Crippen LogP contribution in [0.25, 0.3) is 16.8 Å². The molecule has 1 heterocycles. The molecule has 0 amide bonds. The Kier molecular flexibility index (Phi) is 4.39. The third-order valence-electron chi connectivity index (χ3n) is 3.74. The Labute approximate surface area is 139 Å². The lowest BCUT2D eigenvalue weighted by molar-refractivity contribution is -0.137. The summed E-state index contributed by atoms with van der Waals surface area (Å²) in [6.07, 6.45) is 3.87. The van der Waals surface area contributed by atoms with Crippen LogP contribution >= 0.6 is 11.8 Å². The molecule has 118 valence electrons. The first kappa shape index (κ1) is 15.6. The fourth-order valence-corrected chi connectivity index (χ4v) is 3.32. The lowest BCUT2D eigenvalue weighted by atomic mass is 10.1. The molecular formula is C18H18N2O2S. The van der Waals surface area contributed by atoms with Crippen molar-refractivity contribution in [2.75, 3.05) is 24.7 Å². The Morgan fingerprint density at radius 1 is 1.22 bits per heavy atom. The van der Waals surface area contributed by atoms with Crippen molar-refractivity contribution in [1.29, 1.82) is 0 Å². The van der Waals surface area contributed by atoms with Gasteiger partial charge >= 0.3 is 5.97 Å². The van der Waals surface area contributed by atoms with Gasteiger partial charge in [0.15, 0.2) is 6.04 Å². The van der Waals surface area contributed by atoms with E-state index in [1.54, 1.807) is 0 Å². The Balaban J connectivity index is 1.81. The molecule has 23 heavy (non-hydrogen) atoms. The van der Waals surface area contributed by atoms with Crippen LogP contribution in [0.15, 0.2) is 47.5 Å². The highest BCUT2D eigenvalue weighted by atomic mass is 32.2. The zero-order chi connectivity index (χ0) is 16.4. The number of hydrogen-bond donors (Lipinski definition) is 1. The van der Waals surface area contributed by atoms with Gasteiger partial charge in [0.2, 0.25) is 0 Å². The van der Waals surface area contributed by atoms with Gasteiger partial charge in [-0.15, -0.1) is 11.8 Å². The SMILES string of the molecule is CN(C)c1ccc2cc(/C=C/C3=N[C@@H](C(=O)O)CS3)ccc2c1. The van der Waals surface area contributed by atoms with Crippen molar-refractivity contribution in [2.45, 2.75) is 6.04 Å². The minimum atomic E-state index is -0.858. The minimum Gasteiger partial charge on any atom is -0.480 e. The third-order valence-corrected chi connectivity index (χ3v) is 4.76. The molecule has 1 atom stereocenters. The minimum absolute atomic E-state index is 0.514. The van der Waals surface area contributed by atoms with Gasteiger partial charge in [0.25, 0.3) is 0 Å². The summed E-state index contributed by atoms with van der Waals surface area (Å²) < 4.78 is 0. The molecule has 2 aromatic rings. The standard InChI is InChI=1S/C18H18N2O2S/c1-20(2)15-7-6-13-9-12(3-5-14(13)10-15)4-8-17-19-16(11-23-17)18(21)22/h3-10,16H,11H2,1-2H3,(H,21,22)/b8-4+/t16-/m1/s1. The van der Waals surface area contributed by atoms with E-state index in [4.69, 9.17) is 5.11 Å². The second-order valence-corrected chi connectivity index (χ2v) is 6.69. The zero-order valence-electron chi connectivity index (χ0n) is 13.1. The van der Waals surface area contributed by atoms with Crippen LogP contribution in [0.5, 0.6) is 0 Å². The third kappa shape index (κ3) is 3.56. The number of carboxylic acid groups (broad SMARTS) is 1. The summed E-state index contributed by atoms with van der Waals surface area (Å²) in [5.41, 5.74) is 2.26. The van der Waals surface area contributed by atoms with Gasteiger partial charge in [-0.25, -0.2) is 4.79 Å². The van der Waals surface area contributed by atoms with Crippen LogP contribution in [-0.4, -0.2) is 42.0 Å². The molecule has 1 N–H and O–H groups in total. The maximum Gasteiger partial charge on any atom is 0.329 e. The van der Waals surface area contributed by atoms with E-state index in [1.807, 2.05) is 26.2 Å². The summed E-state index contributed by atoms with van der Waals surface area (Å²) in [6.45, 7) is 0. The summed E-state index contributed by atoms with van der Waals surface area (Å²) in [6, 6.07) is 12.1. The Hall–Kier alpha value is -2.27. The summed E-state index contributed by atoms with van der Waals surface area (Å²) in [4.78, 5) is 17.2. The van der Waals surface area contributed by atoms with Crippen molar-refractivity contribution in [1.82, 2.24) is 0 Å². The van der Waals surface area contributed by atoms with Crippen LogP contribution in [0.4, 0.5) is 5.69 Å². The van der Waals surface area contributed by atoms with Gasteiger partial charge < -0.3 is 10.0 Å². The molecule has 5 heteroatoms. The van der Waals surface area contributed by atoms with Gasteiger partial charge in [0.1, 0.15) is 0 Å². The first-order valence-corrected chi connectivity index (χ1v) is 8.34. The molecule has 0 aromatic heterocycles. The average molecular weight is 326 g/mol. The van der Waals surface area contributed by atoms with Crippen LogP contribution in [0.1, 0.15) is 5.56 Å². The second-order valence-electron chi connectivity index (χ2n) is 5.65. The number of aliphatic carboxylic acids is 1. The number of anilines is 1. The van der Waals surface area contributed by atoms with E-state index in [-0.39, 0.29) is 0 Å². The number of rotatable bonds is 4. The molecule has 0 bridgehead atoms. The fourth-order valence-electron chi connectivity index (χ4n) is 2.41. The van der Waals surface area contributed by atoms with Gasteiger partial charge in [0, 0.05) is 25.5 Å². The molecule has 0 fully saturated rings. The highest BCUT2D eigenvalue weighted by Gasteiger charge is 2.22. The highest BCUT2D eigenvalue weighted by molar-refractivity contribution is 8.14. The topological polar surface area (TPSA) is 52.9 Å². The number of carbonyl (C=O) groups is 1. The van der Waals surface area contributed by atoms with E-state index in [1.165, 1.54) is 28.2 Å². The van der Waals surface area contributed by atoms with Crippen LogP contribution < -0.4 is 4.90 Å². The second kappa shape index (κ2) is 6.46. The van der Waals surface area contributed by atoms with Gasteiger partial charge in [-0.3, -0.25) is 4.99 Å². The number of benzene rings is 2. The monoisotopic (exact) mass is 326 g/mol. The van der Waals surface area contributed by atoms with E-state index < -0.39 is 12.0 Å². The number of carboxylic acids is 1. The Morgan fingerprint density at radius 2 is 1.96 bits per heavy atom. The number of aliphatic imine (C=N–C) groups is 1. The number of thioether (sulfide) groups is 1. The molecule has 0 aliphatic carbocycles. The summed E-state index contributed by atoms with van der Waals surface area (Å²) in [5, 5.41) is 12.1. The maximum atomic E-state index is 10.9. The highest BCUT2D eigenvalue weighted by Crippen LogP contribution is 2.24. The molecule has 1 aliphatic rings. The molecular weight excluding hydrogens is 308 g/mol. The molecule has 0 radical (unpaired) electrons.